The second kappa shape index (κ2) is 9.11. The molecular weight excluding hydrogens is 516 g/mol. The van der Waals surface area contributed by atoms with Gasteiger partial charge in [0.25, 0.3) is 0 Å². The van der Waals surface area contributed by atoms with Crippen molar-refractivity contribution in [3.05, 3.63) is 144 Å². The number of piperidine rings is 4. The van der Waals surface area contributed by atoms with Crippen LogP contribution in [0, 0.1) is 22.7 Å². The molecule has 0 amide bonds. The molecule has 2 aliphatic carbocycles. The maximum absolute atomic E-state index is 11.7. The third-order valence-electron chi connectivity index (χ3n) is 12.3. The van der Waals surface area contributed by atoms with Crippen molar-refractivity contribution in [2.45, 2.75) is 49.1 Å². The number of nitrogens with zero attached hydrogens (tertiary/aromatic N) is 2. The standard InChI is InChI=1S/C38H38N2O2/c41-23-37-31(27-17-9-3-10-18-27)29-33-38(24-42)32(28-19-11-4-12-20-28)30(34(37)39(33)21-25-13-5-1-6-14-25)36(37)40(35(29)38)22-26-15-7-2-8-16-26/h1-20,29-36,41-42H,21-24H2/t29?,30?,31-,32+,33?,34?,35?,36?,37?,38?. The number of aliphatic hydroxyl groups is 2. The van der Waals surface area contributed by atoms with Crippen LogP contribution >= 0.6 is 0 Å². The Balaban J connectivity index is 1.27. The van der Waals surface area contributed by atoms with Gasteiger partial charge >= 0.3 is 0 Å². The largest absolute Gasteiger partial charge is 0.396 e. The van der Waals surface area contributed by atoms with Crippen LogP contribution in [0.3, 0.4) is 0 Å². The van der Waals surface area contributed by atoms with E-state index in [1.54, 1.807) is 0 Å². The van der Waals surface area contributed by atoms with Crippen LogP contribution in [0.15, 0.2) is 121 Å². The molecule has 4 nitrogen and oxygen atoms in total. The minimum atomic E-state index is -0.262. The lowest BCUT2D eigenvalue weighted by Crippen LogP contribution is -3.01. The van der Waals surface area contributed by atoms with Gasteiger partial charge in [-0.3, -0.25) is 9.80 Å². The van der Waals surface area contributed by atoms with Crippen LogP contribution in [0.1, 0.15) is 34.1 Å². The Labute approximate surface area is 248 Å². The van der Waals surface area contributed by atoms with Gasteiger partial charge in [0.15, 0.2) is 0 Å². The average molecular weight is 555 g/mol. The van der Waals surface area contributed by atoms with Gasteiger partial charge in [0.05, 0.1) is 13.2 Å². The molecule has 4 saturated heterocycles. The van der Waals surface area contributed by atoms with Crippen molar-refractivity contribution in [2.75, 3.05) is 13.2 Å². The van der Waals surface area contributed by atoms with Crippen molar-refractivity contribution in [1.82, 2.24) is 9.80 Å². The van der Waals surface area contributed by atoms with Gasteiger partial charge in [0, 0.05) is 59.9 Å². The molecule has 2 N–H and O–H groups in total. The van der Waals surface area contributed by atoms with Crippen molar-refractivity contribution >= 4 is 0 Å². The van der Waals surface area contributed by atoms with Crippen molar-refractivity contribution in [3.8, 4) is 0 Å². The van der Waals surface area contributed by atoms with Gasteiger partial charge in [-0.1, -0.05) is 121 Å². The molecule has 0 radical (unpaired) electrons. The van der Waals surface area contributed by atoms with Gasteiger partial charge in [0.2, 0.25) is 0 Å². The Morgan fingerprint density at radius 2 is 0.762 bits per heavy atom. The quantitative estimate of drug-likeness (QED) is 0.311. The summed E-state index contributed by atoms with van der Waals surface area (Å²) in [4.78, 5) is 5.53. The lowest BCUT2D eigenvalue weighted by Gasteiger charge is -2.93. The Hall–Kier alpha value is -3.28. The molecule has 2 saturated carbocycles. The van der Waals surface area contributed by atoms with Crippen LogP contribution < -0.4 is 0 Å². The Morgan fingerprint density at radius 3 is 1.07 bits per heavy atom. The van der Waals surface area contributed by atoms with E-state index in [9.17, 15) is 10.2 Å². The molecule has 0 aromatic heterocycles. The van der Waals surface area contributed by atoms with Gasteiger partial charge in [-0.25, -0.2) is 0 Å². The molecule has 10 rings (SSSR count). The molecule has 6 fully saturated rings. The summed E-state index contributed by atoms with van der Waals surface area (Å²) in [7, 11) is 0. The highest BCUT2D eigenvalue weighted by atomic mass is 16.3. The molecular formula is C38H38N2O2. The van der Waals surface area contributed by atoms with E-state index < -0.39 is 0 Å². The average Bonchev–Trinajstić information content (AvgIpc) is 3.01. The van der Waals surface area contributed by atoms with Gasteiger partial charge in [0.1, 0.15) is 0 Å². The molecule has 212 valence electrons. The minimum Gasteiger partial charge on any atom is -0.396 e. The predicted octanol–water partition coefficient (Wildman–Crippen LogP) is 5.29. The summed E-state index contributed by atoms with van der Waals surface area (Å²) in [5.74, 6) is 1.22. The highest BCUT2D eigenvalue weighted by molar-refractivity contribution is 5.51. The monoisotopic (exact) mass is 554 g/mol. The fraction of sp³-hybridized carbons (Fsp3) is 0.368. The van der Waals surface area contributed by atoms with Gasteiger partial charge < -0.3 is 10.2 Å². The van der Waals surface area contributed by atoms with Crippen LogP contribution in [0.4, 0.5) is 0 Å². The highest BCUT2D eigenvalue weighted by Gasteiger charge is 2.91. The number of hydrogen-bond acceptors (Lipinski definition) is 4. The van der Waals surface area contributed by atoms with E-state index in [0.29, 0.717) is 11.8 Å². The van der Waals surface area contributed by atoms with Crippen molar-refractivity contribution in [1.29, 1.82) is 0 Å². The van der Waals surface area contributed by atoms with Crippen LogP contribution in [0.25, 0.3) is 0 Å². The zero-order chi connectivity index (χ0) is 28.1. The highest BCUT2D eigenvalue weighted by Crippen LogP contribution is 2.84. The molecule has 0 spiro atoms. The minimum absolute atomic E-state index is 0.179. The molecule has 4 aromatic carbocycles. The summed E-state index contributed by atoms with van der Waals surface area (Å²) in [5, 5.41) is 23.4. The summed E-state index contributed by atoms with van der Waals surface area (Å²) in [6.45, 7) is 2.10. The summed E-state index contributed by atoms with van der Waals surface area (Å²) in [5.41, 5.74) is 4.84. The zero-order valence-corrected chi connectivity index (χ0v) is 23.8. The Bertz CT molecular complexity index is 1430. The van der Waals surface area contributed by atoms with Crippen molar-refractivity contribution in [2.24, 2.45) is 22.7 Å². The maximum atomic E-state index is 11.7. The number of hydrogen-bond donors (Lipinski definition) is 2. The first-order valence-electron chi connectivity index (χ1n) is 15.7. The van der Waals surface area contributed by atoms with Gasteiger partial charge in [-0.2, -0.15) is 0 Å². The molecule has 4 heterocycles. The Morgan fingerprint density at radius 1 is 0.452 bits per heavy atom. The summed E-state index contributed by atoms with van der Waals surface area (Å²) < 4.78 is 0. The first-order chi connectivity index (χ1) is 20.8. The fourth-order valence-corrected chi connectivity index (χ4v) is 11.5. The molecule has 4 aromatic rings. The zero-order valence-electron chi connectivity index (χ0n) is 23.8. The van der Waals surface area contributed by atoms with E-state index in [2.05, 4.69) is 131 Å². The first kappa shape index (κ1) is 25.2. The molecule has 4 unspecified atom stereocenters. The second-order valence-corrected chi connectivity index (χ2v) is 13.6. The number of benzene rings is 4. The molecule has 4 aliphatic heterocycles. The molecule has 6 atom stereocenters. The van der Waals surface area contributed by atoms with Crippen LogP contribution in [0.5, 0.6) is 0 Å². The maximum Gasteiger partial charge on any atom is 0.0523 e. The van der Waals surface area contributed by atoms with E-state index in [4.69, 9.17) is 0 Å². The molecule has 8 bridgehead atoms. The van der Waals surface area contributed by atoms with Crippen LogP contribution in [-0.2, 0) is 13.1 Å². The number of aliphatic hydroxyl groups excluding tert-OH is 2. The SMILES string of the molecule is OCC12C3C4C1N(Cc1ccccc1)C1C(C(N3Cc3ccccc3)C1(CO)[C@H]4c1ccccc1)[C@H]2c1ccccc1. The van der Waals surface area contributed by atoms with E-state index in [-0.39, 0.29) is 60.0 Å². The summed E-state index contributed by atoms with van der Waals surface area (Å²) in [6, 6.07) is 44.7. The smallest absolute Gasteiger partial charge is 0.0523 e. The molecule has 4 heteroatoms. The Kier molecular flexibility index (Phi) is 5.47. The fourth-order valence-electron chi connectivity index (χ4n) is 11.5. The normalized spacial score (nSPS) is 39.1. The second-order valence-electron chi connectivity index (χ2n) is 13.6. The third kappa shape index (κ3) is 2.92. The van der Waals surface area contributed by atoms with E-state index in [1.807, 2.05) is 0 Å². The first-order valence-corrected chi connectivity index (χ1v) is 15.7. The molecule has 6 aliphatic rings. The van der Waals surface area contributed by atoms with Gasteiger partial charge in [-0.05, 0) is 34.1 Å². The summed E-state index contributed by atoms with van der Waals surface area (Å²) in [6.07, 6.45) is 0. The van der Waals surface area contributed by atoms with E-state index >= 15 is 0 Å². The molecule has 42 heavy (non-hydrogen) atoms. The van der Waals surface area contributed by atoms with Crippen LogP contribution in [0.2, 0.25) is 0 Å². The van der Waals surface area contributed by atoms with Gasteiger partial charge in [-0.15, -0.1) is 0 Å². The predicted molar refractivity (Wildman–Crippen MR) is 164 cm³/mol. The van der Waals surface area contributed by atoms with Crippen molar-refractivity contribution in [3.63, 3.8) is 0 Å². The third-order valence-corrected chi connectivity index (χ3v) is 12.3. The number of rotatable bonds is 8. The lowest BCUT2D eigenvalue weighted by molar-refractivity contribution is -0.427. The topological polar surface area (TPSA) is 46.9 Å². The summed E-state index contributed by atoms with van der Waals surface area (Å²) >= 11 is 0. The van der Waals surface area contributed by atoms with Crippen molar-refractivity contribution < 1.29 is 10.2 Å². The van der Waals surface area contributed by atoms with E-state index in [1.165, 1.54) is 22.3 Å². The lowest BCUT2D eigenvalue weighted by atomic mass is 9.23. The van der Waals surface area contributed by atoms with E-state index in [0.717, 1.165) is 13.1 Å². The van der Waals surface area contributed by atoms with Crippen LogP contribution in [-0.4, -0.2) is 57.4 Å².